The third kappa shape index (κ3) is 3.20. The SMILES string of the molecule is CCc1c2[nH]c(c1C)C=c1[nH]c(c(CC)c1C)=CN1C=CN(C1)CN1C=CN(C2)C1. The van der Waals surface area contributed by atoms with Gasteiger partial charge in [0, 0.05) is 47.7 Å². The van der Waals surface area contributed by atoms with Gasteiger partial charge in [0.15, 0.2) is 0 Å². The second-order valence-electron chi connectivity index (χ2n) is 8.62. The first-order chi connectivity index (χ1) is 14.6. The van der Waals surface area contributed by atoms with E-state index in [9.17, 15) is 0 Å². The summed E-state index contributed by atoms with van der Waals surface area (Å²) in [5, 5.41) is 2.42. The lowest BCUT2D eigenvalue weighted by atomic mass is 10.1. The summed E-state index contributed by atoms with van der Waals surface area (Å²) < 4.78 is 0. The van der Waals surface area contributed by atoms with Crippen LogP contribution in [0.4, 0.5) is 0 Å². The molecular weight excluding hydrogens is 372 g/mol. The van der Waals surface area contributed by atoms with Gasteiger partial charge in [0.1, 0.15) is 0 Å². The van der Waals surface area contributed by atoms with E-state index < -0.39 is 0 Å². The molecule has 0 unspecified atom stereocenters. The minimum atomic E-state index is 0.877. The van der Waals surface area contributed by atoms with E-state index in [1.165, 1.54) is 44.3 Å². The molecule has 3 aliphatic rings. The van der Waals surface area contributed by atoms with Gasteiger partial charge in [-0.05, 0) is 55.0 Å². The van der Waals surface area contributed by atoms with Crippen LogP contribution in [0.15, 0.2) is 24.8 Å². The van der Waals surface area contributed by atoms with Crippen molar-refractivity contribution in [2.45, 2.75) is 47.1 Å². The average molecular weight is 405 g/mol. The summed E-state index contributed by atoms with van der Waals surface area (Å²) in [6.45, 7) is 12.6. The van der Waals surface area contributed by atoms with Crippen LogP contribution < -0.4 is 10.7 Å². The van der Waals surface area contributed by atoms with Crippen LogP contribution in [0.5, 0.6) is 0 Å². The molecule has 5 rings (SSSR count). The number of aromatic nitrogens is 2. The molecule has 2 aromatic rings. The summed E-state index contributed by atoms with van der Waals surface area (Å²) >= 11 is 0. The number of H-pyrrole nitrogens is 2. The first kappa shape index (κ1) is 19.0. The van der Waals surface area contributed by atoms with Crippen molar-refractivity contribution in [2.75, 3.05) is 20.0 Å². The summed E-state index contributed by atoms with van der Waals surface area (Å²) in [4.78, 5) is 16.8. The Hall–Kier alpha value is -3.02. The fourth-order valence-corrected chi connectivity index (χ4v) is 4.98. The number of fused-ring (bicyclic) bond motifs is 8. The zero-order valence-electron chi connectivity index (χ0n) is 18.5. The molecular formula is C24H32N6. The molecule has 3 aliphatic heterocycles. The van der Waals surface area contributed by atoms with E-state index in [2.05, 4.69) is 94.3 Å². The lowest BCUT2D eigenvalue weighted by Gasteiger charge is -2.27. The van der Waals surface area contributed by atoms with Crippen LogP contribution in [-0.4, -0.2) is 49.6 Å². The molecule has 30 heavy (non-hydrogen) atoms. The fourth-order valence-electron chi connectivity index (χ4n) is 4.98. The number of hydrogen-bond acceptors (Lipinski definition) is 4. The van der Waals surface area contributed by atoms with Crippen LogP contribution in [0.3, 0.4) is 0 Å². The largest absolute Gasteiger partial charge is 0.357 e. The summed E-state index contributed by atoms with van der Waals surface area (Å²) in [5.41, 5.74) is 8.11. The lowest BCUT2D eigenvalue weighted by molar-refractivity contribution is 0.174. The van der Waals surface area contributed by atoms with Crippen LogP contribution in [0.2, 0.25) is 0 Å². The van der Waals surface area contributed by atoms with Gasteiger partial charge >= 0.3 is 0 Å². The maximum atomic E-state index is 3.75. The molecule has 0 aromatic carbocycles. The molecule has 0 aliphatic carbocycles. The van der Waals surface area contributed by atoms with Crippen LogP contribution in [0, 0.1) is 13.8 Å². The predicted molar refractivity (Wildman–Crippen MR) is 121 cm³/mol. The number of nitrogens with zero attached hydrogens (tertiary/aromatic N) is 4. The molecule has 0 atom stereocenters. The smallest absolute Gasteiger partial charge is 0.0953 e. The Labute approximate surface area is 178 Å². The Morgan fingerprint density at radius 3 is 2.27 bits per heavy atom. The maximum absolute atomic E-state index is 3.75. The van der Waals surface area contributed by atoms with Gasteiger partial charge in [0.2, 0.25) is 0 Å². The average Bonchev–Trinajstić information content (AvgIpc) is 3.47. The summed E-state index contributed by atoms with van der Waals surface area (Å²) in [5.74, 6) is 0. The van der Waals surface area contributed by atoms with Crippen molar-refractivity contribution in [1.82, 2.24) is 29.6 Å². The van der Waals surface area contributed by atoms with Gasteiger partial charge in [-0.3, -0.25) is 0 Å². The molecule has 2 aromatic heterocycles. The molecule has 2 N–H and O–H groups in total. The molecule has 158 valence electrons. The molecule has 0 radical (unpaired) electrons. The van der Waals surface area contributed by atoms with E-state index in [4.69, 9.17) is 0 Å². The minimum absolute atomic E-state index is 0.877. The Balaban J connectivity index is 1.67. The molecule has 8 bridgehead atoms. The fraction of sp³-hybridized carbons (Fsp3) is 0.417. The third-order valence-electron chi connectivity index (χ3n) is 6.64. The van der Waals surface area contributed by atoms with Crippen molar-refractivity contribution in [3.8, 4) is 0 Å². The second kappa shape index (κ2) is 7.35. The van der Waals surface area contributed by atoms with E-state index in [1.54, 1.807) is 0 Å². The van der Waals surface area contributed by atoms with E-state index >= 15 is 0 Å². The molecule has 0 amide bonds. The number of rotatable bonds is 2. The Morgan fingerprint density at radius 2 is 1.47 bits per heavy atom. The molecule has 6 nitrogen and oxygen atoms in total. The van der Waals surface area contributed by atoms with E-state index in [0.29, 0.717) is 0 Å². The standard InChI is InChI=1S/C24H32N6/c1-5-19-17(3)21-11-22-18(4)20(6-2)24(26-22)13-28-8-10-30(15-28)16-29-9-7-27(14-29)12-23(19)25-21/h7-12,25-26H,5-6,13-16H2,1-4H3. The molecule has 6 heteroatoms. The highest BCUT2D eigenvalue weighted by atomic mass is 15.4. The topological polar surface area (TPSA) is 44.5 Å². The highest BCUT2D eigenvalue weighted by Gasteiger charge is 2.20. The monoisotopic (exact) mass is 404 g/mol. The van der Waals surface area contributed by atoms with Gasteiger partial charge < -0.3 is 29.6 Å². The Bertz CT molecular complexity index is 1130. The third-order valence-corrected chi connectivity index (χ3v) is 6.64. The highest BCUT2D eigenvalue weighted by Crippen LogP contribution is 2.23. The van der Waals surface area contributed by atoms with Crippen molar-refractivity contribution in [1.29, 1.82) is 0 Å². The van der Waals surface area contributed by atoms with Gasteiger partial charge in [-0.2, -0.15) is 0 Å². The molecule has 0 saturated carbocycles. The van der Waals surface area contributed by atoms with E-state index in [-0.39, 0.29) is 0 Å². The van der Waals surface area contributed by atoms with E-state index in [0.717, 1.165) is 39.4 Å². The zero-order chi connectivity index (χ0) is 20.8. The normalized spacial score (nSPS) is 17.7. The van der Waals surface area contributed by atoms with Crippen molar-refractivity contribution >= 4 is 12.3 Å². The van der Waals surface area contributed by atoms with Crippen LogP contribution in [-0.2, 0) is 19.4 Å². The number of hydrogen-bond donors (Lipinski definition) is 2. The van der Waals surface area contributed by atoms with Crippen LogP contribution >= 0.6 is 0 Å². The number of nitrogens with one attached hydrogen (secondary N) is 2. The summed E-state index contributed by atoms with van der Waals surface area (Å²) in [6.07, 6.45) is 15.4. The lowest BCUT2D eigenvalue weighted by Crippen LogP contribution is -2.35. The van der Waals surface area contributed by atoms with Crippen molar-refractivity contribution < 1.29 is 0 Å². The van der Waals surface area contributed by atoms with E-state index in [1.807, 2.05) is 0 Å². The second-order valence-corrected chi connectivity index (χ2v) is 8.62. The van der Waals surface area contributed by atoms with Crippen LogP contribution in [0.25, 0.3) is 12.3 Å². The minimum Gasteiger partial charge on any atom is -0.357 e. The summed E-state index contributed by atoms with van der Waals surface area (Å²) in [7, 11) is 0. The molecule has 0 fully saturated rings. The van der Waals surface area contributed by atoms with Gasteiger partial charge in [0.05, 0.1) is 31.9 Å². The number of aromatic amines is 2. The van der Waals surface area contributed by atoms with Gasteiger partial charge in [-0.1, -0.05) is 13.8 Å². The molecule has 0 spiro atoms. The van der Waals surface area contributed by atoms with Gasteiger partial charge in [-0.15, -0.1) is 0 Å². The first-order valence-corrected chi connectivity index (χ1v) is 11.0. The first-order valence-electron chi connectivity index (χ1n) is 11.0. The Morgan fingerprint density at radius 1 is 0.767 bits per heavy atom. The summed E-state index contributed by atoms with van der Waals surface area (Å²) in [6, 6.07) is 0. The van der Waals surface area contributed by atoms with Crippen LogP contribution in [0.1, 0.15) is 47.5 Å². The van der Waals surface area contributed by atoms with Crippen molar-refractivity contribution in [2.24, 2.45) is 0 Å². The van der Waals surface area contributed by atoms with Crippen molar-refractivity contribution in [3.05, 3.63) is 69.1 Å². The molecule has 0 saturated heterocycles. The van der Waals surface area contributed by atoms with Gasteiger partial charge in [-0.25, -0.2) is 0 Å². The highest BCUT2D eigenvalue weighted by molar-refractivity contribution is 5.55. The Kier molecular flexibility index (Phi) is 4.65. The van der Waals surface area contributed by atoms with Crippen molar-refractivity contribution in [3.63, 3.8) is 0 Å². The van der Waals surface area contributed by atoms with Gasteiger partial charge in [0.25, 0.3) is 0 Å². The quantitative estimate of drug-likeness (QED) is 0.806. The zero-order valence-corrected chi connectivity index (χ0v) is 18.5. The predicted octanol–water partition coefficient (Wildman–Crippen LogP) is 2.21. The maximum Gasteiger partial charge on any atom is 0.0953 e. The molecule has 5 heterocycles.